The van der Waals surface area contributed by atoms with Crippen LogP contribution in [0.4, 0.5) is 0 Å². The molecular weight excluding hydrogens is 160 g/mol. The Balaban J connectivity index is 0.000000396. The first-order valence-electron chi connectivity index (χ1n) is 5.46. The Bertz CT molecular complexity index is 238. The Labute approximate surface area is 81.4 Å². The number of nitrogens with zero attached hydrogens (tertiary/aromatic N) is 2. The summed E-state index contributed by atoms with van der Waals surface area (Å²) in [5.41, 5.74) is 1.55. The SMILES string of the molecule is CC.CC1=NC(C)C2=[N+]1CCCC2. The van der Waals surface area contributed by atoms with Crippen LogP contribution in [0.3, 0.4) is 0 Å². The zero-order chi connectivity index (χ0) is 9.84. The highest BCUT2D eigenvalue weighted by Crippen LogP contribution is 2.16. The minimum atomic E-state index is 0.468. The first kappa shape index (κ1) is 10.4. The van der Waals surface area contributed by atoms with Crippen molar-refractivity contribution in [2.75, 3.05) is 6.54 Å². The van der Waals surface area contributed by atoms with Crippen LogP contribution < -0.4 is 0 Å². The molecule has 0 radical (unpaired) electrons. The molecule has 0 fully saturated rings. The van der Waals surface area contributed by atoms with Gasteiger partial charge in [0.05, 0.1) is 6.54 Å². The molecule has 0 aromatic rings. The van der Waals surface area contributed by atoms with E-state index in [0.717, 1.165) is 0 Å². The summed E-state index contributed by atoms with van der Waals surface area (Å²) in [7, 11) is 0. The molecule has 2 heterocycles. The number of hydrogen-bond donors (Lipinski definition) is 0. The van der Waals surface area contributed by atoms with Gasteiger partial charge in [-0.25, -0.2) is 4.58 Å². The molecule has 1 atom stereocenters. The third-order valence-electron chi connectivity index (χ3n) is 2.66. The Morgan fingerprint density at radius 1 is 1.31 bits per heavy atom. The van der Waals surface area contributed by atoms with Crippen molar-refractivity contribution >= 4 is 11.5 Å². The van der Waals surface area contributed by atoms with Crippen LogP contribution in [0.1, 0.15) is 47.0 Å². The standard InChI is InChI=1S/C9H15N2.C2H6/c1-7-9-5-3-4-6-11(9)8(2)10-7;1-2/h7H,3-6H2,1-2H3;1-2H3/q+1;. The van der Waals surface area contributed by atoms with Gasteiger partial charge in [-0.1, -0.05) is 18.8 Å². The van der Waals surface area contributed by atoms with E-state index in [9.17, 15) is 0 Å². The Morgan fingerprint density at radius 3 is 2.62 bits per heavy atom. The Kier molecular flexibility index (Phi) is 3.64. The van der Waals surface area contributed by atoms with E-state index in [1.807, 2.05) is 13.8 Å². The zero-order valence-corrected chi connectivity index (χ0v) is 9.30. The Morgan fingerprint density at radius 2 is 2.00 bits per heavy atom. The highest BCUT2D eigenvalue weighted by molar-refractivity contribution is 5.95. The fraction of sp³-hybridized carbons (Fsp3) is 0.818. The summed E-state index contributed by atoms with van der Waals surface area (Å²) in [6.07, 6.45) is 3.96. The monoisotopic (exact) mass is 181 g/mol. The second-order valence-corrected chi connectivity index (χ2v) is 3.45. The number of aliphatic imine (C=N–C) groups is 1. The van der Waals surface area contributed by atoms with Gasteiger partial charge in [0, 0.05) is 13.3 Å². The summed E-state index contributed by atoms with van der Waals surface area (Å²) >= 11 is 0. The average molecular weight is 181 g/mol. The van der Waals surface area contributed by atoms with Gasteiger partial charge in [0.2, 0.25) is 0 Å². The van der Waals surface area contributed by atoms with Crippen LogP contribution in [0.15, 0.2) is 4.99 Å². The van der Waals surface area contributed by atoms with Crippen molar-refractivity contribution in [1.82, 2.24) is 0 Å². The van der Waals surface area contributed by atoms with E-state index in [2.05, 4.69) is 23.4 Å². The first-order valence-corrected chi connectivity index (χ1v) is 5.46. The predicted octanol–water partition coefficient (Wildman–Crippen LogP) is 2.47. The molecule has 0 saturated heterocycles. The molecule has 2 nitrogen and oxygen atoms in total. The number of amidine groups is 1. The lowest BCUT2D eigenvalue weighted by Gasteiger charge is -2.11. The van der Waals surface area contributed by atoms with E-state index >= 15 is 0 Å². The minimum absolute atomic E-state index is 0.468. The van der Waals surface area contributed by atoms with E-state index in [1.54, 1.807) is 5.71 Å². The summed E-state index contributed by atoms with van der Waals surface area (Å²) < 4.78 is 2.40. The van der Waals surface area contributed by atoms with E-state index < -0.39 is 0 Å². The van der Waals surface area contributed by atoms with Crippen molar-refractivity contribution in [3.63, 3.8) is 0 Å². The minimum Gasteiger partial charge on any atom is -0.232 e. The van der Waals surface area contributed by atoms with Crippen molar-refractivity contribution in [1.29, 1.82) is 0 Å². The molecule has 0 N–H and O–H groups in total. The lowest BCUT2D eigenvalue weighted by atomic mass is 10.0. The van der Waals surface area contributed by atoms with E-state index in [1.165, 1.54) is 31.6 Å². The van der Waals surface area contributed by atoms with Gasteiger partial charge >= 0.3 is 0 Å². The maximum absolute atomic E-state index is 4.54. The average Bonchev–Trinajstić information content (AvgIpc) is 2.47. The van der Waals surface area contributed by atoms with Crippen LogP contribution in [0.5, 0.6) is 0 Å². The molecule has 0 spiro atoms. The molecule has 0 aliphatic carbocycles. The highest BCUT2D eigenvalue weighted by Gasteiger charge is 2.32. The second-order valence-electron chi connectivity index (χ2n) is 3.45. The maximum atomic E-state index is 4.54. The molecule has 2 aliphatic rings. The normalized spacial score (nSPS) is 26.2. The van der Waals surface area contributed by atoms with Gasteiger partial charge in [-0.15, -0.1) is 0 Å². The molecule has 0 aromatic heterocycles. The van der Waals surface area contributed by atoms with E-state index in [-0.39, 0.29) is 0 Å². The summed E-state index contributed by atoms with van der Waals surface area (Å²) in [5.74, 6) is 1.23. The van der Waals surface area contributed by atoms with Crippen LogP contribution in [-0.2, 0) is 0 Å². The van der Waals surface area contributed by atoms with Crippen molar-refractivity contribution in [2.45, 2.75) is 53.0 Å². The summed E-state index contributed by atoms with van der Waals surface area (Å²) in [6, 6.07) is 0.468. The fourth-order valence-corrected chi connectivity index (χ4v) is 2.08. The van der Waals surface area contributed by atoms with Crippen LogP contribution >= 0.6 is 0 Å². The third kappa shape index (κ3) is 1.98. The molecule has 0 saturated carbocycles. The predicted molar refractivity (Wildman–Crippen MR) is 57.9 cm³/mol. The van der Waals surface area contributed by atoms with Crippen LogP contribution in [0.25, 0.3) is 0 Å². The van der Waals surface area contributed by atoms with Gasteiger partial charge < -0.3 is 0 Å². The van der Waals surface area contributed by atoms with Gasteiger partial charge in [0.25, 0.3) is 5.84 Å². The molecule has 0 bridgehead atoms. The van der Waals surface area contributed by atoms with Crippen molar-refractivity contribution in [2.24, 2.45) is 4.99 Å². The summed E-state index contributed by atoms with van der Waals surface area (Å²) in [4.78, 5) is 4.54. The maximum Gasteiger partial charge on any atom is 0.290 e. The van der Waals surface area contributed by atoms with Gasteiger partial charge in [-0.05, 0) is 19.8 Å². The van der Waals surface area contributed by atoms with E-state index in [0.29, 0.717) is 6.04 Å². The van der Waals surface area contributed by atoms with Crippen molar-refractivity contribution in [3.8, 4) is 0 Å². The van der Waals surface area contributed by atoms with Crippen LogP contribution in [0, 0.1) is 0 Å². The fourth-order valence-electron chi connectivity index (χ4n) is 2.08. The molecular formula is C11H21N2+. The molecule has 2 aliphatic heterocycles. The zero-order valence-electron chi connectivity index (χ0n) is 9.30. The summed E-state index contributed by atoms with van der Waals surface area (Å²) in [5, 5.41) is 0. The molecule has 0 aromatic carbocycles. The number of rotatable bonds is 0. The molecule has 2 rings (SSSR count). The quantitative estimate of drug-likeness (QED) is 0.510. The van der Waals surface area contributed by atoms with Gasteiger partial charge in [-0.3, -0.25) is 0 Å². The Hall–Kier alpha value is -0.660. The third-order valence-corrected chi connectivity index (χ3v) is 2.66. The molecule has 2 heteroatoms. The summed E-state index contributed by atoms with van der Waals surface area (Å²) in [6.45, 7) is 9.52. The lowest BCUT2D eigenvalue weighted by Crippen LogP contribution is -2.29. The smallest absolute Gasteiger partial charge is 0.232 e. The van der Waals surface area contributed by atoms with Gasteiger partial charge in [0.15, 0.2) is 6.04 Å². The van der Waals surface area contributed by atoms with Crippen LogP contribution in [-0.4, -0.2) is 28.7 Å². The van der Waals surface area contributed by atoms with Crippen LogP contribution in [0.2, 0.25) is 0 Å². The van der Waals surface area contributed by atoms with E-state index in [4.69, 9.17) is 0 Å². The molecule has 74 valence electrons. The van der Waals surface area contributed by atoms with Gasteiger partial charge in [0.1, 0.15) is 5.71 Å². The second kappa shape index (κ2) is 4.54. The van der Waals surface area contributed by atoms with Crippen molar-refractivity contribution < 1.29 is 4.58 Å². The highest BCUT2D eigenvalue weighted by atomic mass is 15.2. The largest absolute Gasteiger partial charge is 0.290 e. The lowest BCUT2D eigenvalue weighted by molar-refractivity contribution is -0.413. The van der Waals surface area contributed by atoms with Gasteiger partial charge in [-0.2, -0.15) is 0 Å². The molecule has 0 amide bonds. The molecule has 1 unspecified atom stereocenters. The topological polar surface area (TPSA) is 15.4 Å². The first-order chi connectivity index (χ1) is 6.29. The number of hydrogen-bond acceptors (Lipinski definition) is 1. The molecule has 13 heavy (non-hydrogen) atoms. The van der Waals surface area contributed by atoms with Crippen molar-refractivity contribution in [3.05, 3.63) is 0 Å².